The fourth-order valence-electron chi connectivity index (χ4n) is 4.12. The van der Waals surface area contributed by atoms with Gasteiger partial charge in [-0.15, -0.1) is 0 Å². The molecule has 0 radical (unpaired) electrons. The van der Waals surface area contributed by atoms with Gasteiger partial charge >= 0.3 is 20.2 Å². The molecular weight excluding hydrogens is 346 g/mol. The minimum absolute atomic E-state index is 0.126. The van der Waals surface area contributed by atoms with Gasteiger partial charge in [-0.3, -0.25) is 4.79 Å². The summed E-state index contributed by atoms with van der Waals surface area (Å²) in [5.74, 6) is -0.458. The normalized spacial score (nSPS) is 32.6. The van der Waals surface area contributed by atoms with Crippen LogP contribution in [0.4, 0.5) is 0 Å². The Labute approximate surface area is 157 Å². The quantitative estimate of drug-likeness (QED) is 0.759. The minimum Gasteiger partial charge on any atom is -0.504 e. The van der Waals surface area contributed by atoms with E-state index in [-0.39, 0.29) is 6.42 Å². The SMILES string of the molecule is O=C1OB(c2ccccc2)O[C@@]12C[C@@H](O)[C@@H]1OB(c3ccccc3)O[C@@H]1C2. The highest BCUT2D eigenvalue weighted by Gasteiger charge is 2.62. The molecule has 2 aromatic carbocycles. The summed E-state index contributed by atoms with van der Waals surface area (Å²) >= 11 is 0. The third kappa shape index (κ3) is 2.89. The molecule has 2 heterocycles. The molecule has 27 heavy (non-hydrogen) atoms. The van der Waals surface area contributed by atoms with Crippen LogP contribution in [0.15, 0.2) is 60.7 Å². The van der Waals surface area contributed by atoms with Gasteiger partial charge < -0.3 is 23.7 Å². The van der Waals surface area contributed by atoms with Crippen LogP contribution in [0.3, 0.4) is 0 Å². The fraction of sp³-hybridized carbons (Fsp3) is 0.316. The molecule has 0 bridgehead atoms. The van der Waals surface area contributed by atoms with E-state index in [0.717, 1.165) is 10.9 Å². The average Bonchev–Trinajstić information content (AvgIpc) is 3.26. The number of carbonyl (C=O) groups excluding carboxylic acids is 1. The molecule has 3 aliphatic rings. The zero-order valence-electron chi connectivity index (χ0n) is 14.6. The molecule has 2 aliphatic heterocycles. The van der Waals surface area contributed by atoms with E-state index in [9.17, 15) is 9.90 Å². The highest BCUT2D eigenvalue weighted by atomic mass is 16.7. The first-order valence-corrected chi connectivity index (χ1v) is 9.12. The van der Waals surface area contributed by atoms with Crippen LogP contribution in [0.25, 0.3) is 0 Å². The lowest BCUT2D eigenvalue weighted by Gasteiger charge is -2.38. The molecule has 136 valence electrons. The largest absolute Gasteiger partial charge is 0.565 e. The van der Waals surface area contributed by atoms with Crippen LogP contribution in [0, 0.1) is 0 Å². The Bertz CT molecular complexity index is 835. The zero-order valence-corrected chi connectivity index (χ0v) is 14.6. The predicted molar refractivity (Wildman–Crippen MR) is 98.6 cm³/mol. The van der Waals surface area contributed by atoms with Gasteiger partial charge in [0.1, 0.15) is 0 Å². The van der Waals surface area contributed by atoms with Gasteiger partial charge in [0.25, 0.3) is 0 Å². The van der Waals surface area contributed by atoms with Gasteiger partial charge in [0, 0.05) is 12.8 Å². The van der Waals surface area contributed by atoms with Crippen LogP contribution < -0.4 is 10.9 Å². The standard InChI is InChI=1S/C19H18B2O6/c22-15-11-19(18(23)26-21(27-19)14-9-5-2-6-10-14)12-16-17(15)25-20(24-16)13-7-3-1-4-8-13/h1-10,15-17,22H,11-12H2/t15-,16-,17+,19-/m1/s1. The highest BCUT2D eigenvalue weighted by molar-refractivity contribution is 6.64. The van der Waals surface area contributed by atoms with E-state index in [1.807, 2.05) is 60.7 Å². The van der Waals surface area contributed by atoms with E-state index in [0.29, 0.717) is 6.42 Å². The van der Waals surface area contributed by atoms with Crippen molar-refractivity contribution in [1.82, 2.24) is 0 Å². The zero-order chi connectivity index (χ0) is 18.4. The Kier molecular flexibility index (Phi) is 4.09. The summed E-state index contributed by atoms with van der Waals surface area (Å²) in [5, 5.41) is 10.7. The van der Waals surface area contributed by atoms with Gasteiger partial charge in [-0.25, -0.2) is 0 Å². The smallest absolute Gasteiger partial charge is 0.504 e. The molecule has 1 saturated carbocycles. The van der Waals surface area contributed by atoms with Crippen LogP contribution in [0.5, 0.6) is 0 Å². The number of aliphatic hydroxyl groups excluding tert-OH is 1. The predicted octanol–water partition coefficient (Wildman–Crippen LogP) is 0.0281. The molecular formula is C19H18B2O6. The molecule has 8 heteroatoms. The third-order valence-corrected chi connectivity index (χ3v) is 5.46. The van der Waals surface area contributed by atoms with Crippen LogP contribution in [0.2, 0.25) is 0 Å². The van der Waals surface area contributed by atoms with E-state index >= 15 is 0 Å². The maximum atomic E-state index is 12.7. The van der Waals surface area contributed by atoms with E-state index < -0.39 is 44.1 Å². The monoisotopic (exact) mass is 364 g/mol. The molecule has 1 spiro atoms. The van der Waals surface area contributed by atoms with Crippen LogP contribution in [-0.4, -0.2) is 49.2 Å². The minimum atomic E-state index is -1.21. The second kappa shape index (κ2) is 6.49. The van der Waals surface area contributed by atoms with Crippen molar-refractivity contribution in [3.05, 3.63) is 60.7 Å². The van der Waals surface area contributed by atoms with E-state index in [1.54, 1.807) is 0 Å². The number of carbonyl (C=O) groups is 1. The van der Waals surface area contributed by atoms with Gasteiger partial charge in [-0.1, -0.05) is 60.7 Å². The van der Waals surface area contributed by atoms with Crippen molar-refractivity contribution in [2.24, 2.45) is 0 Å². The van der Waals surface area contributed by atoms with Crippen LogP contribution >= 0.6 is 0 Å². The Balaban J connectivity index is 1.37. The van der Waals surface area contributed by atoms with Crippen LogP contribution in [-0.2, 0) is 23.4 Å². The molecule has 4 atom stereocenters. The molecule has 2 aromatic rings. The second-order valence-electron chi connectivity index (χ2n) is 7.25. The summed E-state index contributed by atoms with van der Waals surface area (Å²) in [4.78, 5) is 12.7. The molecule has 6 nitrogen and oxygen atoms in total. The van der Waals surface area contributed by atoms with Crippen molar-refractivity contribution < 1.29 is 28.5 Å². The second-order valence-corrected chi connectivity index (χ2v) is 7.25. The molecule has 2 saturated heterocycles. The Hall–Kier alpha value is -2.12. The van der Waals surface area contributed by atoms with Crippen molar-refractivity contribution >= 4 is 31.1 Å². The molecule has 0 unspecified atom stereocenters. The van der Waals surface area contributed by atoms with E-state index in [4.69, 9.17) is 18.6 Å². The topological polar surface area (TPSA) is 74.2 Å². The van der Waals surface area contributed by atoms with E-state index in [1.165, 1.54) is 0 Å². The number of hydrogen-bond donors (Lipinski definition) is 1. The number of rotatable bonds is 2. The lowest BCUT2D eigenvalue weighted by molar-refractivity contribution is -0.155. The Morgan fingerprint density at radius 1 is 0.889 bits per heavy atom. The Morgan fingerprint density at radius 2 is 1.52 bits per heavy atom. The first-order chi connectivity index (χ1) is 13.1. The first kappa shape index (κ1) is 17.0. The van der Waals surface area contributed by atoms with Gasteiger partial charge in [0.2, 0.25) is 0 Å². The van der Waals surface area contributed by atoms with Crippen molar-refractivity contribution in [2.45, 2.75) is 36.8 Å². The van der Waals surface area contributed by atoms with Gasteiger partial charge in [-0.2, -0.15) is 0 Å². The number of aliphatic hydroxyl groups is 1. The molecule has 1 aliphatic carbocycles. The summed E-state index contributed by atoms with van der Waals surface area (Å²) in [6, 6.07) is 18.9. The molecule has 1 N–H and O–H groups in total. The summed E-state index contributed by atoms with van der Waals surface area (Å²) in [7, 11) is -1.33. The molecule has 0 amide bonds. The highest BCUT2D eigenvalue weighted by Crippen LogP contribution is 2.42. The molecule has 0 aromatic heterocycles. The lowest BCUT2D eigenvalue weighted by Crippen LogP contribution is -2.54. The van der Waals surface area contributed by atoms with Crippen molar-refractivity contribution in [3.8, 4) is 0 Å². The molecule has 3 fully saturated rings. The first-order valence-electron chi connectivity index (χ1n) is 9.12. The van der Waals surface area contributed by atoms with E-state index in [2.05, 4.69) is 0 Å². The van der Waals surface area contributed by atoms with Gasteiger partial charge in [0.05, 0.1) is 18.3 Å². The summed E-state index contributed by atoms with van der Waals surface area (Å²) in [5.41, 5.74) is 0.436. The third-order valence-electron chi connectivity index (χ3n) is 5.46. The number of fused-ring (bicyclic) bond motifs is 1. The Morgan fingerprint density at radius 3 is 2.19 bits per heavy atom. The number of benzene rings is 2. The lowest BCUT2D eigenvalue weighted by atomic mass is 9.77. The van der Waals surface area contributed by atoms with Crippen LogP contribution in [0.1, 0.15) is 12.8 Å². The van der Waals surface area contributed by atoms with Crippen molar-refractivity contribution in [3.63, 3.8) is 0 Å². The maximum absolute atomic E-state index is 12.7. The average molecular weight is 364 g/mol. The van der Waals surface area contributed by atoms with Crippen molar-refractivity contribution in [2.75, 3.05) is 0 Å². The summed E-state index contributed by atoms with van der Waals surface area (Å²) in [6.45, 7) is 0. The summed E-state index contributed by atoms with van der Waals surface area (Å²) < 4.78 is 23.5. The van der Waals surface area contributed by atoms with Crippen molar-refractivity contribution in [1.29, 1.82) is 0 Å². The molecule has 5 rings (SSSR count). The number of hydrogen-bond acceptors (Lipinski definition) is 6. The summed E-state index contributed by atoms with van der Waals surface area (Å²) in [6.07, 6.45) is -1.39. The fourth-order valence-corrected chi connectivity index (χ4v) is 4.12. The maximum Gasteiger partial charge on any atom is 0.565 e. The van der Waals surface area contributed by atoms with Gasteiger partial charge in [0.15, 0.2) is 5.60 Å². The van der Waals surface area contributed by atoms with Gasteiger partial charge in [-0.05, 0) is 10.9 Å².